The molecule has 1 unspecified atom stereocenters. The molecule has 4 nitrogen and oxygen atoms in total. The van der Waals surface area contributed by atoms with Crippen molar-refractivity contribution in [2.45, 2.75) is 40.3 Å². The van der Waals surface area contributed by atoms with E-state index in [1.807, 2.05) is 39.6 Å². The van der Waals surface area contributed by atoms with Crippen LogP contribution in [0.2, 0.25) is 0 Å². The highest BCUT2D eigenvalue weighted by molar-refractivity contribution is 5.95. The third-order valence-electron chi connectivity index (χ3n) is 4.65. The van der Waals surface area contributed by atoms with Gasteiger partial charge in [-0.3, -0.25) is 9.69 Å². The van der Waals surface area contributed by atoms with E-state index in [4.69, 9.17) is 4.74 Å². The van der Waals surface area contributed by atoms with Crippen LogP contribution in [-0.4, -0.2) is 31.0 Å². The monoisotopic (exact) mass is 358 g/mol. The molecule has 0 saturated carbocycles. The Morgan fingerprint density at radius 3 is 2.35 bits per heavy atom. The summed E-state index contributed by atoms with van der Waals surface area (Å²) in [6.45, 7) is 8.33. The van der Waals surface area contributed by atoms with Gasteiger partial charge >= 0.3 is 0 Å². The predicted molar refractivity (Wildman–Crippen MR) is 103 cm³/mol. The molecule has 0 aliphatic heterocycles. The van der Waals surface area contributed by atoms with E-state index in [9.17, 15) is 9.18 Å². The largest absolute Gasteiger partial charge is 0.496 e. The van der Waals surface area contributed by atoms with E-state index in [1.165, 1.54) is 12.1 Å². The van der Waals surface area contributed by atoms with Gasteiger partial charge in [0.1, 0.15) is 11.6 Å². The summed E-state index contributed by atoms with van der Waals surface area (Å²) in [5.74, 6) is 0.364. The molecule has 0 spiro atoms. The van der Waals surface area contributed by atoms with Gasteiger partial charge in [0.25, 0.3) is 0 Å². The zero-order valence-corrected chi connectivity index (χ0v) is 16.3. The molecule has 0 radical (unpaired) electrons. The van der Waals surface area contributed by atoms with E-state index < -0.39 is 0 Å². The number of anilines is 1. The fourth-order valence-corrected chi connectivity index (χ4v) is 3.04. The van der Waals surface area contributed by atoms with Gasteiger partial charge in [0.15, 0.2) is 0 Å². The number of amides is 1. The number of aryl methyl sites for hydroxylation is 3. The number of halogens is 1. The lowest BCUT2D eigenvalue weighted by Gasteiger charge is -2.25. The topological polar surface area (TPSA) is 41.6 Å². The lowest BCUT2D eigenvalue weighted by molar-refractivity contribution is -0.120. The molecule has 2 rings (SSSR count). The van der Waals surface area contributed by atoms with Gasteiger partial charge in [-0.2, -0.15) is 0 Å². The van der Waals surface area contributed by atoms with E-state index in [1.54, 1.807) is 13.2 Å². The van der Waals surface area contributed by atoms with E-state index in [0.29, 0.717) is 12.2 Å². The number of methoxy groups -OCH3 is 1. The molecule has 0 saturated heterocycles. The van der Waals surface area contributed by atoms with Crippen molar-refractivity contribution in [2.75, 3.05) is 19.5 Å². The summed E-state index contributed by atoms with van der Waals surface area (Å²) in [5, 5.41) is 2.82. The summed E-state index contributed by atoms with van der Waals surface area (Å²) in [7, 11) is 3.57. The molecular weight excluding hydrogens is 331 g/mol. The quantitative estimate of drug-likeness (QED) is 0.841. The van der Waals surface area contributed by atoms with Gasteiger partial charge in [-0.25, -0.2) is 4.39 Å². The first-order valence-electron chi connectivity index (χ1n) is 8.64. The second kappa shape index (κ2) is 8.32. The molecule has 0 bridgehead atoms. The molecule has 1 N–H and O–H groups in total. The normalized spacial score (nSPS) is 12.2. The van der Waals surface area contributed by atoms with E-state index in [0.717, 1.165) is 28.0 Å². The highest BCUT2D eigenvalue weighted by atomic mass is 19.1. The molecule has 1 atom stereocenters. The number of ether oxygens (including phenoxy) is 1. The van der Waals surface area contributed by atoms with Gasteiger partial charge in [-0.15, -0.1) is 0 Å². The molecule has 0 fully saturated rings. The minimum Gasteiger partial charge on any atom is -0.496 e. The van der Waals surface area contributed by atoms with Crippen molar-refractivity contribution in [3.8, 4) is 5.75 Å². The molecule has 0 aliphatic carbocycles. The van der Waals surface area contributed by atoms with Crippen molar-refractivity contribution in [2.24, 2.45) is 0 Å². The van der Waals surface area contributed by atoms with Crippen LogP contribution in [0.1, 0.15) is 29.2 Å². The SMILES string of the molecule is COc1c(C)cc(CN(C)C(C)C(=O)Nc2cc(F)ccc2C)cc1C. The molecular formula is C21H27FN2O2. The predicted octanol–water partition coefficient (Wildman–Crippen LogP) is 4.22. The van der Waals surface area contributed by atoms with Crippen LogP contribution < -0.4 is 10.1 Å². The molecule has 0 heterocycles. The Bertz CT molecular complexity index is 782. The standard InChI is InChI=1S/C21H27FN2O2/c1-13-7-8-18(22)11-19(13)23-21(25)16(4)24(5)12-17-9-14(2)20(26-6)15(3)10-17/h7-11,16H,12H2,1-6H3,(H,23,25). The second-order valence-electron chi connectivity index (χ2n) is 6.80. The summed E-state index contributed by atoms with van der Waals surface area (Å²) in [6, 6.07) is 8.17. The van der Waals surface area contributed by atoms with E-state index >= 15 is 0 Å². The van der Waals surface area contributed by atoms with Crippen molar-refractivity contribution in [1.82, 2.24) is 4.90 Å². The number of nitrogens with one attached hydrogen (secondary N) is 1. The lowest BCUT2D eigenvalue weighted by Crippen LogP contribution is -2.39. The zero-order chi connectivity index (χ0) is 19.4. The highest BCUT2D eigenvalue weighted by Crippen LogP contribution is 2.25. The van der Waals surface area contributed by atoms with Crippen LogP contribution in [0.15, 0.2) is 30.3 Å². The average molecular weight is 358 g/mol. The van der Waals surface area contributed by atoms with Gasteiger partial charge in [-0.1, -0.05) is 18.2 Å². The maximum Gasteiger partial charge on any atom is 0.241 e. The van der Waals surface area contributed by atoms with E-state index in [-0.39, 0.29) is 17.8 Å². The summed E-state index contributed by atoms with van der Waals surface area (Å²) in [5.41, 5.74) is 4.60. The molecule has 0 aromatic heterocycles. The molecule has 2 aromatic carbocycles. The Morgan fingerprint density at radius 2 is 1.77 bits per heavy atom. The van der Waals surface area contributed by atoms with Gasteiger partial charge in [-0.05, 0) is 69.1 Å². The first-order chi connectivity index (χ1) is 12.2. The third-order valence-corrected chi connectivity index (χ3v) is 4.65. The smallest absolute Gasteiger partial charge is 0.241 e. The summed E-state index contributed by atoms with van der Waals surface area (Å²) < 4.78 is 18.8. The number of hydrogen-bond acceptors (Lipinski definition) is 3. The number of likely N-dealkylation sites (N-methyl/N-ethyl adjacent to an activating group) is 1. The number of hydrogen-bond donors (Lipinski definition) is 1. The third kappa shape index (κ3) is 4.61. The first-order valence-corrected chi connectivity index (χ1v) is 8.64. The maximum atomic E-state index is 13.4. The Labute approximate surface area is 155 Å². The van der Waals surface area contributed by atoms with Gasteiger partial charge < -0.3 is 10.1 Å². The Balaban J connectivity index is 2.08. The first kappa shape index (κ1) is 19.9. The van der Waals surface area contributed by atoms with Crippen LogP contribution in [0.4, 0.5) is 10.1 Å². The number of nitrogens with zero attached hydrogens (tertiary/aromatic N) is 1. The average Bonchev–Trinajstić information content (AvgIpc) is 2.57. The van der Waals surface area contributed by atoms with Crippen LogP contribution in [0.3, 0.4) is 0 Å². The Morgan fingerprint density at radius 1 is 1.15 bits per heavy atom. The summed E-state index contributed by atoms with van der Waals surface area (Å²) >= 11 is 0. The highest BCUT2D eigenvalue weighted by Gasteiger charge is 2.19. The fraction of sp³-hybridized carbons (Fsp3) is 0.381. The number of benzene rings is 2. The van der Waals surface area contributed by atoms with Crippen LogP contribution in [-0.2, 0) is 11.3 Å². The van der Waals surface area contributed by atoms with Crippen LogP contribution in [0, 0.1) is 26.6 Å². The number of rotatable bonds is 6. The van der Waals surface area contributed by atoms with Crippen LogP contribution in [0.5, 0.6) is 5.75 Å². The lowest BCUT2D eigenvalue weighted by atomic mass is 10.0. The molecule has 2 aromatic rings. The minimum absolute atomic E-state index is 0.164. The second-order valence-corrected chi connectivity index (χ2v) is 6.80. The minimum atomic E-state index is -0.365. The molecule has 5 heteroatoms. The van der Waals surface area contributed by atoms with Crippen molar-refractivity contribution >= 4 is 11.6 Å². The Hall–Kier alpha value is -2.40. The van der Waals surface area contributed by atoms with Gasteiger partial charge in [0, 0.05) is 12.2 Å². The molecule has 1 amide bonds. The fourth-order valence-electron chi connectivity index (χ4n) is 3.04. The van der Waals surface area contributed by atoms with Crippen LogP contribution >= 0.6 is 0 Å². The summed E-state index contributed by atoms with van der Waals surface area (Å²) in [4.78, 5) is 14.5. The van der Waals surface area contributed by atoms with Gasteiger partial charge in [0.2, 0.25) is 5.91 Å². The van der Waals surface area contributed by atoms with Crippen molar-refractivity contribution in [3.63, 3.8) is 0 Å². The summed E-state index contributed by atoms with van der Waals surface area (Å²) in [6.07, 6.45) is 0. The number of carbonyl (C=O) groups excluding carboxylic acids is 1. The molecule has 0 aliphatic rings. The van der Waals surface area contributed by atoms with Crippen molar-refractivity contribution in [1.29, 1.82) is 0 Å². The molecule has 26 heavy (non-hydrogen) atoms. The molecule has 140 valence electrons. The van der Waals surface area contributed by atoms with Crippen molar-refractivity contribution in [3.05, 3.63) is 58.4 Å². The maximum absolute atomic E-state index is 13.4. The zero-order valence-electron chi connectivity index (χ0n) is 16.3. The van der Waals surface area contributed by atoms with Crippen molar-refractivity contribution < 1.29 is 13.9 Å². The van der Waals surface area contributed by atoms with E-state index in [2.05, 4.69) is 17.4 Å². The number of carbonyl (C=O) groups is 1. The Kier molecular flexibility index (Phi) is 6.37. The van der Waals surface area contributed by atoms with Gasteiger partial charge in [0.05, 0.1) is 13.2 Å². The van der Waals surface area contributed by atoms with Crippen LogP contribution in [0.25, 0.3) is 0 Å².